The van der Waals surface area contributed by atoms with Gasteiger partial charge in [-0.05, 0) is 45.4 Å². The van der Waals surface area contributed by atoms with Crippen LogP contribution in [-0.2, 0) is 0 Å². The third kappa shape index (κ3) is 3.55. The summed E-state index contributed by atoms with van der Waals surface area (Å²) in [5.41, 5.74) is 2.04. The molecular weight excluding hydrogens is 269 g/mol. The van der Waals surface area contributed by atoms with Gasteiger partial charge in [0.2, 0.25) is 0 Å². The highest BCUT2D eigenvalue weighted by molar-refractivity contribution is 5.23. The van der Waals surface area contributed by atoms with Gasteiger partial charge < -0.3 is 10.3 Å². The fourth-order valence-corrected chi connectivity index (χ4v) is 2.58. The van der Waals surface area contributed by atoms with Crippen molar-refractivity contribution in [3.8, 4) is 0 Å². The number of H-pyrrole nitrogens is 1. The van der Waals surface area contributed by atoms with Crippen LogP contribution in [0.2, 0.25) is 0 Å². The van der Waals surface area contributed by atoms with Crippen LogP contribution in [-0.4, -0.2) is 9.97 Å². The van der Waals surface area contributed by atoms with Crippen molar-refractivity contribution in [1.29, 1.82) is 0 Å². The minimum atomic E-state index is -0.264. The Bertz CT molecular complexity index is 696. The average Bonchev–Trinajstić information content (AvgIpc) is 2.37. The number of aromatic nitrogens is 2. The van der Waals surface area contributed by atoms with Crippen LogP contribution in [0.15, 0.2) is 29.1 Å². The molecule has 112 valence electrons. The molecule has 0 spiro atoms. The fourth-order valence-electron chi connectivity index (χ4n) is 2.58. The van der Waals surface area contributed by atoms with E-state index in [0.717, 1.165) is 5.56 Å². The summed E-state index contributed by atoms with van der Waals surface area (Å²) in [5, 5.41) is 3.31. The number of aromatic amines is 1. The molecule has 1 aromatic heterocycles. The highest BCUT2D eigenvalue weighted by Crippen LogP contribution is 2.19. The van der Waals surface area contributed by atoms with E-state index in [1.165, 1.54) is 12.1 Å². The first-order chi connectivity index (χ1) is 9.88. The molecule has 0 saturated carbocycles. The number of benzene rings is 1. The van der Waals surface area contributed by atoms with Crippen LogP contribution in [0.1, 0.15) is 48.6 Å². The Morgan fingerprint density at radius 3 is 2.57 bits per heavy atom. The van der Waals surface area contributed by atoms with Gasteiger partial charge in [-0.1, -0.05) is 12.1 Å². The lowest BCUT2D eigenvalue weighted by Gasteiger charge is -2.21. The lowest BCUT2D eigenvalue weighted by atomic mass is 10.0. The van der Waals surface area contributed by atoms with E-state index in [0.29, 0.717) is 17.1 Å². The van der Waals surface area contributed by atoms with Crippen LogP contribution in [0.4, 0.5) is 4.39 Å². The van der Waals surface area contributed by atoms with E-state index >= 15 is 0 Å². The van der Waals surface area contributed by atoms with E-state index in [9.17, 15) is 9.18 Å². The number of aryl methyl sites for hydroxylation is 2. The number of nitrogens with one attached hydrogen (secondary N) is 2. The molecule has 21 heavy (non-hydrogen) atoms. The van der Waals surface area contributed by atoms with Gasteiger partial charge in [-0.15, -0.1) is 0 Å². The van der Waals surface area contributed by atoms with Crippen molar-refractivity contribution < 1.29 is 4.39 Å². The maximum Gasteiger partial charge on any atom is 0.255 e. The zero-order valence-corrected chi connectivity index (χ0v) is 12.7. The Morgan fingerprint density at radius 2 is 1.95 bits per heavy atom. The second kappa shape index (κ2) is 6.18. The maximum atomic E-state index is 13.3. The Labute approximate surface area is 123 Å². The number of rotatable bonds is 4. The SMILES string of the molecule is Cc1nc(C)c(C(C)NC(C)c2cccc(F)c2)c(=O)[nH]1. The summed E-state index contributed by atoms with van der Waals surface area (Å²) in [7, 11) is 0. The third-order valence-corrected chi connectivity index (χ3v) is 3.55. The van der Waals surface area contributed by atoms with E-state index in [2.05, 4.69) is 15.3 Å². The standard InChI is InChI=1S/C16H20FN3O/c1-9(13-6-5-7-14(17)8-13)18-10(2)15-11(3)19-12(4)20-16(15)21/h5-10,18H,1-4H3,(H,19,20,21). The zero-order chi connectivity index (χ0) is 15.6. The van der Waals surface area contributed by atoms with Crippen molar-refractivity contribution >= 4 is 0 Å². The van der Waals surface area contributed by atoms with Crippen LogP contribution in [0, 0.1) is 19.7 Å². The Morgan fingerprint density at radius 1 is 1.24 bits per heavy atom. The van der Waals surface area contributed by atoms with Gasteiger partial charge in [0.1, 0.15) is 11.6 Å². The molecule has 2 N–H and O–H groups in total. The Balaban J connectivity index is 2.22. The summed E-state index contributed by atoms with van der Waals surface area (Å²) in [6.07, 6.45) is 0. The first kappa shape index (κ1) is 15.4. The summed E-state index contributed by atoms with van der Waals surface area (Å²) in [4.78, 5) is 19.1. The van der Waals surface area contributed by atoms with Crippen LogP contribution >= 0.6 is 0 Å². The molecular formula is C16H20FN3O. The number of hydrogen-bond donors (Lipinski definition) is 2. The highest BCUT2D eigenvalue weighted by atomic mass is 19.1. The molecule has 0 radical (unpaired) electrons. The molecule has 1 aromatic carbocycles. The molecule has 4 nitrogen and oxygen atoms in total. The predicted molar refractivity (Wildman–Crippen MR) is 80.7 cm³/mol. The molecule has 2 unspecified atom stereocenters. The lowest BCUT2D eigenvalue weighted by Crippen LogP contribution is -2.29. The van der Waals surface area contributed by atoms with Crippen molar-refractivity contribution in [3.63, 3.8) is 0 Å². The molecule has 0 saturated heterocycles. The molecule has 0 fully saturated rings. The largest absolute Gasteiger partial charge is 0.310 e. The molecule has 5 heteroatoms. The summed E-state index contributed by atoms with van der Waals surface area (Å²) in [6, 6.07) is 6.19. The minimum Gasteiger partial charge on any atom is -0.310 e. The quantitative estimate of drug-likeness (QED) is 0.910. The molecule has 0 amide bonds. The summed E-state index contributed by atoms with van der Waals surface area (Å²) in [5.74, 6) is 0.339. The summed E-state index contributed by atoms with van der Waals surface area (Å²) in [6.45, 7) is 7.43. The smallest absolute Gasteiger partial charge is 0.255 e. The molecule has 0 bridgehead atoms. The van der Waals surface area contributed by atoms with Crippen molar-refractivity contribution in [2.24, 2.45) is 0 Å². The van der Waals surface area contributed by atoms with E-state index < -0.39 is 0 Å². The minimum absolute atomic E-state index is 0.0733. The van der Waals surface area contributed by atoms with Gasteiger partial charge in [-0.3, -0.25) is 4.79 Å². The predicted octanol–water partition coefficient (Wildman–Crippen LogP) is 2.94. The second-order valence-corrected chi connectivity index (χ2v) is 5.32. The van der Waals surface area contributed by atoms with Gasteiger partial charge in [0.15, 0.2) is 0 Å². The highest BCUT2D eigenvalue weighted by Gasteiger charge is 2.17. The van der Waals surface area contributed by atoms with E-state index in [1.807, 2.05) is 26.8 Å². The number of halogens is 1. The van der Waals surface area contributed by atoms with Gasteiger partial charge in [0.25, 0.3) is 5.56 Å². The molecule has 0 aliphatic rings. The van der Waals surface area contributed by atoms with Crippen molar-refractivity contribution in [1.82, 2.24) is 15.3 Å². The molecule has 0 aliphatic heterocycles. The maximum absolute atomic E-state index is 13.3. The second-order valence-electron chi connectivity index (χ2n) is 5.32. The molecule has 0 aliphatic carbocycles. The normalized spacial score (nSPS) is 14.0. The molecule has 2 aromatic rings. The average molecular weight is 289 g/mol. The topological polar surface area (TPSA) is 57.8 Å². The van der Waals surface area contributed by atoms with E-state index in [1.54, 1.807) is 13.0 Å². The van der Waals surface area contributed by atoms with Crippen LogP contribution in [0.5, 0.6) is 0 Å². The number of hydrogen-bond acceptors (Lipinski definition) is 3. The first-order valence-electron chi connectivity index (χ1n) is 6.97. The molecule has 1 heterocycles. The van der Waals surface area contributed by atoms with Gasteiger partial charge in [0, 0.05) is 17.8 Å². The van der Waals surface area contributed by atoms with Crippen LogP contribution in [0.25, 0.3) is 0 Å². The summed E-state index contributed by atoms with van der Waals surface area (Å²) < 4.78 is 13.3. The lowest BCUT2D eigenvalue weighted by molar-refractivity contribution is 0.485. The summed E-state index contributed by atoms with van der Waals surface area (Å²) >= 11 is 0. The first-order valence-corrected chi connectivity index (χ1v) is 6.97. The van der Waals surface area contributed by atoms with E-state index in [4.69, 9.17) is 0 Å². The van der Waals surface area contributed by atoms with Gasteiger partial charge >= 0.3 is 0 Å². The fraction of sp³-hybridized carbons (Fsp3) is 0.375. The zero-order valence-electron chi connectivity index (χ0n) is 12.7. The van der Waals surface area contributed by atoms with Gasteiger partial charge in [0.05, 0.1) is 5.56 Å². The Hall–Kier alpha value is -2.01. The van der Waals surface area contributed by atoms with E-state index in [-0.39, 0.29) is 23.5 Å². The van der Waals surface area contributed by atoms with Gasteiger partial charge in [-0.25, -0.2) is 9.37 Å². The Kier molecular flexibility index (Phi) is 4.53. The third-order valence-electron chi connectivity index (χ3n) is 3.55. The molecule has 2 atom stereocenters. The van der Waals surface area contributed by atoms with Crippen LogP contribution in [0.3, 0.4) is 0 Å². The van der Waals surface area contributed by atoms with Crippen molar-refractivity contribution in [2.75, 3.05) is 0 Å². The molecule has 2 rings (SSSR count). The number of nitrogens with zero attached hydrogens (tertiary/aromatic N) is 1. The van der Waals surface area contributed by atoms with Crippen LogP contribution < -0.4 is 10.9 Å². The van der Waals surface area contributed by atoms with Crippen molar-refractivity contribution in [3.05, 3.63) is 63.1 Å². The monoisotopic (exact) mass is 289 g/mol. The van der Waals surface area contributed by atoms with Gasteiger partial charge in [-0.2, -0.15) is 0 Å². The van der Waals surface area contributed by atoms with Crippen molar-refractivity contribution in [2.45, 2.75) is 39.8 Å².